The fourth-order valence-electron chi connectivity index (χ4n) is 0.832. The number of alkyl halides is 1. The summed E-state index contributed by atoms with van der Waals surface area (Å²) in [6, 6.07) is 0. The van der Waals surface area contributed by atoms with Crippen LogP contribution in [0.15, 0.2) is 11.6 Å². The molecule has 0 atom stereocenters. The van der Waals surface area contributed by atoms with Crippen molar-refractivity contribution < 1.29 is 0 Å². The average Bonchev–Trinajstić information content (AvgIpc) is 1.98. The van der Waals surface area contributed by atoms with Gasteiger partial charge in [-0.15, -0.1) is 0 Å². The van der Waals surface area contributed by atoms with Crippen LogP contribution in [-0.2, 0) is 0 Å². The Kier molecular flexibility index (Phi) is 7.86. The Labute approximate surface area is 77.2 Å². The summed E-state index contributed by atoms with van der Waals surface area (Å²) in [5.41, 5.74) is 6.94. The molecule has 2 heteroatoms. The second kappa shape index (κ2) is 7.54. The highest BCUT2D eigenvalue weighted by Gasteiger charge is 1.90. The summed E-state index contributed by atoms with van der Waals surface area (Å²) < 4.78 is 1.22. The van der Waals surface area contributed by atoms with Gasteiger partial charge in [-0.05, 0) is 25.8 Å². The minimum atomic E-state index is 0.782. The standard InChI is InChI=1S/C8H16IN/c1-2-8(5-6-9)4-3-7-10/h4H,2-3,5-7,10H2,1H3/b8-4+. The second-order valence-electron chi connectivity index (χ2n) is 2.23. The van der Waals surface area contributed by atoms with Crippen LogP contribution in [0, 0.1) is 0 Å². The predicted octanol–water partition coefficient (Wildman–Crippen LogP) is 2.50. The third-order valence-corrected chi connectivity index (χ3v) is 2.01. The smallest absolute Gasteiger partial charge is 0.00325 e. The van der Waals surface area contributed by atoms with Crippen LogP contribution in [0.4, 0.5) is 0 Å². The van der Waals surface area contributed by atoms with Crippen LogP contribution in [0.1, 0.15) is 26.2 Å². The van der Waals surface area contributed by atoms with E-state index in [2.05, 4.69) is 35.6 Å². The molecule has 2 N–H and O–H groups in total. The highest BCUT2D eigenvalue weighted by atomic mass is 127. The molecule has 10 heavy (non-hydrogen) atoms. The number of nitrogens with two attached hydrogens (primary N) is 1. The van der Waals surface area contributed by atoms with Crippen LogP contribution in [0.3, 0.4) is 0 Å². The van der Waals surface area contributed by atoms with Gasteiger partial charge in [-0.2, -0.15) is 0 Å². The quantitative estimate of drug-likeness (QED) is 0.454. The molecule has 0 aliphatic carbocycles. The van der Waals surface area contributed by atoms with Crippen LogP contribution in [0.2, 0.25) is 0 Å². The van der Waals surface area contributed by atoms with Crippen molar-refractivity contribution in [1.82, 2.24) is 0 Å². The summed E-state index contributed by atoms with van der Waals surface area (Å²) in [5.74, 6) is 0. The number of hydrogen-bond donors (Lipinski definition) is 1. The van der Waals surface area contributed by atoms with Crippen molar-refractivity contribution in [2.75, 3.05) is 11.0 Å². The fourth-order valence-corrected chi connectivity index (χ4v) is 1.52. The second-order valence-corrected chi connectivity index (χ2v) is 3.31. The molecule has 0 heterocycles. The van der Waals surface area contributed by atoms with Gasteiger partial charge in [-0.25, -0.2) is 0 Å². The SMILES string of the molecule is CC/C(=C\CCN)CCI. The van der Waals surface area contributed by atoms with Crippen LogP contribution in [-0.4, -0.2) is 11.0 Å². The van der Waals surface area contributed by atoms with E-state index in [9.17, 15) is 0 Å². The molecule has 0 amide bonds. The van der Waals surface area contributed by atoms with E-state index in [0.717, 1.165) is 13.0 Å². The zero-order chi connectivity index (χ0) is 7.82. The maximum atomic E-state index is 5.38. The van der Waals surface area contributed by atoms with Crippen molar-refractivity contribution >= 4 is 22.6 Å². The normalized spacial score (nSPS) is 12.1. The topological polar surface area (TPSA) is 26.0 Å². The van der Waals surface area contributed by atoms with E-state index < -0.39 is 0 Å². The number of halogens is 1. The van der Waals surface area contributed by atoms with Crippen LogP contribution < -0.4 is 5.73 Å². The average molecular weight is 253 g/mol. The molecule has 0 spiro atoms. The molecule has 0 bridgehead atoms. The van der Waals surface area contributed by atoms with E-state index in [4.69, 9.17) is 5.73 Å². The Balaban J connectivity index is 3.55. The van der Waals surface area contributed by atoms with E-state index in [1.165, 1.54) is 17.3 Å². The monoisotopic (exact) mass is 253 g/mol. The first-order valence-corrected chi connectivity index (χ1v) is 5.31. The van der Waals surface area contributed by atoms with E-state index >= 15 is 0 Å². The largest absolute Gasteiger partial charge is 0.330 e. The Morgan fingerprint density at radius 2 is 2.30 bits per heavy atom. The molecule has 0 aromatic rings. The highest BCUT2D eigenvalue weighted by molar-refractivity contribution is 14.1. The minimum Gasteiger partial charge on any atom is -0.330 e. The molecule has 0 radical (unpaired) electrons. The van der Waals surface area contributed by atoms with Crippen molar-refractivity contribution in [3.05, 3.63) is 11.6 Å². The molecule has 0 aromatic heterocycles. The first-order chi connectivity index (χ1) is 4.85. The molecule has 0 rings (SSSR count). The van der Waals surface area contributed by atoms with Crippen LogP contribution >= 0.6 is 22.6 Å². The van der Waals surface area contributed by atoms with Gasteiger partial charge in [0, 0.05) is 4.43 Å². The highest BCUT2D eigenvalue weighted by Crippen LogP contribution is 2.08. The van der Waals surface area contributed by atoms with E-state index in [-0.39, 0.29) is 0 Å². The molecule has 1 nitrogen and oxygen atoms in total. The summed E-state index contributed by atoms with van der Waals surface area (Å²) in [7, 11) is 0. The molecule has 0 unspecified atom stereocenters. The zero-order valence-electron chi connectivity index (χ0n) is 6.57. The zero-order valence-corrected chi connectivity index (χ0v) is 8.73. The third-order valence-electron chi connectivity index (χ3n) is 1.47. The van der Waals surface area contributed by atoms with Gasteiger partial charge in [0.1, 0.15) is 0 Å². The first-order valence-electron chi connectivity index (χ1n) is 3.79. The van der Waals surface area contributed by atoms with Crippen LogP contribution in [0.25, 0.3) is 0 Å². The maximum absolute atomic E-state index is 5.38. The molecule has 60 valence electrons. The molecule has 0 aromatic carbocycles. The Bertz CT molecular complexity index is 99.4. The van der Waals surface area contributed by atoms with E-state index in [0.29, 0.717) is 0 Å². The molecule has 0 saturated carbocycles. The predicted molar refractivity (Wildman–Crippen MR) is 55.5 cm³/mol. The van der Waals surface area contributed by atoms with Crippen molar-refractivity contribution in [2.45, 2.75) is 26.2 Å². The van der Waals surface area contributed by atoms with Gasteiger partial charge in [-0.1, -0.05) is 41.2 Å². The maximum Gasteiger partial charge on any atom is 0.00325 e. The Morgan fingerprint density at radius 3 is 2.70 bits per heavy atom. The Morgan fingerprint density at radius 1 is 1.60 bits per heavy atom. The van der Waals surface area contributed by atoms with Gasteiger partial charge in [0.2, 0.25) is 0 Å². The summed E-state index contributed by atoms with van der Waals surface area (Å²) in [4.78, 5) is 0. The van der Waals surface area contributed by atoms with Crippen molar-refractivity contribution in [3.63, 3.8) is 0 Å². The van der Waals surface area contributed by atoms with Gasteiger partial charge in [-0.3, -0.25) is 0 Å². The van der Waals surface area contributed by atoms with Crippen LogP contribution in [0.5, 0.6) is 0 Å². The van der Waals surface area contributed by atoms with Crippen molar-refractivity contribution in [3.8, 4) is 0 Å². The van der Waals surface area contributed by atoms with Gasteiger partial charge in [0.15, 0.2) is 0 Å². The lowest BCUT2D eigenvalue weighted by atomic mass is 10.1. The Hall–Kier alpha value is 0.430. The van der Waals surface area contributed by atoms with Crippen molar-refractivity contribution in [2.24, 2.45) is 5.73 Å². The van der Waals surface area contributed by atoms with Gasteiger partial charge in [0.25, 0.3) is 0 Å². The lowest BCUT2D eigenvalue weighted by Crippen LogP contribution is -1.96. The molecular weight excluding hydrogens is 237 g/mol. The summed E-state index contributed by atoms with van der Waals surface area (Å²) in [6.07, 6.45) is 5.73. The third kappa shape index (κ3) is 5.23. The number of rotatable bonds is 5. The molecule has 0 aliphatic heterocycles. The minimum absolute atomic E-state index is 0.782. The molecular formula is C8H16IN. The first kappa shape index (κ1) is 10.4. The fraction of sp³-hybridized carbons (Fsp3) is 0.750. The molecule has 0 saturated heterocycles. The van der Waals surface area contributed by atoms with Gasteiger partial charge in [0.05, 0.1) is 0 Å². The van der Waals surface area contributed by atoms with E-state index in [1.54, 1.807) is 5.57 Å². The summed E-state index contributed by atoms with van der Waals surface area (Å²) >= 11 is 2.41. The number of hydrogen-bond acceptors (Lipinski definition) is 1. The van der Waals surface area contributed by atoms with Gasteiger partial charge >= 0.3 is 0 Å². The molecule has 0 fully saturated rings. The lowest BCUT2D eigenvalue weighted by molar-refractivity contribution is 0.935. The molecule has 0 aliphatic rings. The van der Waals surface area contributed by atoms with E-state index in [1.807, 2.05) is 0 Å². The number of allylic oxidation sites excluding steroid dienone is 1. The summed E-state index contributed by atoms with van der Waals surface area (Å²) in [6.45, 7) is 2.99. The lowest BCUT2D eigenvalue weighted by Gasteiger charge is -1.99. The van der Waals surface area contributed by atoms with Gasteiger partial charge < -0.3 is 5.73 Å². The van der Waals surface area contributed by atoms with Crippen molar-refractivity contribution in [1.29, 1.82) is 0 Å². The summed E-state index contributed by atoms with van der Waals surface area (Å²) in [5, 5.41) is 0.